The first-order chi connectivity index (χ1) is 18.4. The van der Waals surface area contributed by atoms with Crippen molar-refractivity contribution in [1.29, 1.82) is 0 Å². The van der Waals surface area contributed by atoms with Crippen LogP contribution >= 0.6 is 11.6 Å². The quantitative estimate of drug-likeness (QED) is 0.230. The highest BCUT2D eigenvalue weighted by Crippen LogP contribution is 2.16. The number of aliphatic hydroxyl groups is 2. The van der Waals surface area contributed by atoms with Gasteiger partial charge >= 0.3 is 6.09 Å². The average molecular weight is 610 g/mol. The van der Waals surface area contributed by atoms with Gasteiger partial charge in [0.15, 0.2) is 18.0 Å². The lowest BCUT2D eigenvalue weighted by Crippen LogP contribution is -2.57. The fourth-order valence-corrected chi connectivity index (χ4v) is 3.72. The molecule has 0 aliphatic heterocycles. The van der Waals surface area contributed by atoms with Crippen LogP contribution in [0.1, 0.15) is 61.1 Å². The number of benzene rings is 2. The predicted octanol–water partition coefficient (Wildman–Crippen LogP) is 4.04. The van der Waals surface area contributed by atoms with Crippen molar-refractivity contribution < 1.29 is 34.1 Å². The van der Waals surface area contributed by atoms with Crippen LogP contribution in [0.15, 0.2) is 54.6 Å². The number of rotatable bonds is 13. The molecule has 0 aliphatic carbocycles. The lowest BCUT2D eigenvalue weighted by molar-refractivity contribution is -0.141. The van der Waals surface area contributed by atoms with E-state index in [0.717, 1.165) is 5.56 Å². The van der Waals surface area contributed by atoms with Crippen molar-refractivity contribution in [1.82, 2.24) is 16.0 Å². The number of hydrogen-bond acceptors (Lipinski definition) is 7. The molecule has 11 heteroatoms. The normalized spacial score (nSPS) is 13.8. The van der Waals surface area contributed by atoms with Crippen LogP contribution in [0.2, 0.25) is 5.02 Å². The molecule has 236 valence electrons. The van der Waals surface area contributed by atoms with Crippen molar-refractivity contribution in [3.63, 3.8) is 0 Å². The van der Waals surface area contributed by atoms with Crippen LogP contribution in [0.5, 0.6) is 0 Å². The average Bonchev–Trinajstić information content (AvgIpc) is 2.90. The van der Waals surface area contributed by atoms with Gasteiger partial charge in [0.25, 0.3) is 11.8 Å². The van der Waals surface area contributed by atoms with Crippen molar-refractivity contribution >= 4 is 35.3 Å². The van der Waals surface area contributed by atoms with Gasteiger partial charge in [-0.2, -0.15) is 0 Å². The van der Waals surface area contributed by atoms with Crippen LogP contribution in [0.3, 0.4) is 0 Å². The Morgan fingerprint density at radius 3 is 1.93 bits per heavy atom. The SMILES string of the molecule is C.C.C.CC(=O)C(C)NC(=O)C(O)C(O)C(Cc1ccc(Cl)cc1)NC(=O)C(OC(=O)NCc1ccccc1)C(C)C. The summed E-state index contributed by atoms with van der Waals surface area (Å²) in [5, 5.41) is 29.5. The van der Waals surface area contributed by atoms with Gasteiger partial charge in [-0.3, -0.25) is 14.4 Å². The molecule has 2 aromatic carbocycles. The Bertz CT molecular complexity index is 1110. The summed E-state index contributed by atoms with van der Waals surface area (Å²) in [4.78, 5) is 49.7. The highest BCUT2D eigenvalue weighted by atomic mass is 35.5. The van der Waals surface area contributed by atoms with Gasteiger partial charge in [0.1, 0.15) is 6.10 Å². The van der Waals surface area contributed by atoms with Gasteiger partial charge in [0.2, 0.25) is 0 Å². The molecule has 0 spiro atoms. The summed E-state index contributed by atoms with van der Waals surface area (Å²) in [7, 11) is 0. The minimum atomic E-state index is -1.96. The predicted molar refractivity (Wildman–Crippen MR) is 166 cm³/mol. The molecule has 5 unspecified atom stereocenters. The molecule has 2 aromatic rings. The molecule has 5 atom stereocenters. The molecular formula is C31H48ClN3O7. The highest BCUT2D eigenvalue weighted by molar-refractivity contribution is 6.30. The molecule has 5 N–H and O–H groups in total. The van der Waals surface area contributed by atoms with E-state index in [4.69, 9.17) is 16.3 Å². The van der Waals surface area contributed by atoms with E-state index in [-0.39, 0.29) is 41.0 Å². The number of alkyl carbamates (subject to hydrolysis) is 1. The largest absolute Gasteiger partial charge is 0.436 e. The summed E-state index contributed by atoms with van der Waals surface area (Å²) in [6.45, 7) is 6.29. The van der Waals surface area contributed by atoms with Crippen molar-refractivity contribution in [3.05, 3.63) is 70.7 Å². The highest BCUT2D eigenvalue weighted by Gasteiger charge is 2.36. The number of amides is 3. The zero-order valence-corrected chi connectivity index (χ0v) is 23.1. The van der Waals surface area contributed by atoms with Gasteiger partial charge in [0, 0.05) is 11.6 Å². The van der Waals surface area contributed by atoms with E-state index in [2.05, 4.69) is 16.0 Å². The number of Topliss-reactive ketones (excluding diaryl/α,β-unsaturated/α-hetero) is 1. The minimum Gasteiger partial charge on any atom is -0.436 e. The van der Waals surface area contributed by atoms with E-state index in [1.807, 2.05) is 30.3 Å². The Kier molecular flexibility index (Phi) is 19.0. The molecule has 0 radical (unpaired) electrons. The summed E-state index contributed by atoms with van der Waals surface area (Å²) in [6, 6.07) is 13.7. The van der Waals surface area contributed by atoms with Crippen molar-refractivity contribution in [2.45, 2.75) is 93.3 Å². The molecule has 0 saturated carbocycles. The van der Waals surface area contributed by atoms with Gasteiger partial charge in [-0.05, 0) is 49.4 Å². The number of carbonyl (C=O) groups excluding carboxylic acids is 4. The van der Waals surface area contributed by atoms with Crippen LogP contribution in [-0.2, 0) is 32.1 Å². The van der Waals surface area contributed by atoms with Crippen LogP contribution in [0, 0.1) is 5.92 Å². The topological polar surface area (TPSA) is 154 Å². The number of hydrogen-bond donors (Lipinski definition) is 5. The zero-order valence-electron chi connectivity index (χ0n) is 22.4. The molecule has 2 rings (SSSR count). The van der Waals surface area contributed by atoms with Crippen LogP contribution < -0.4 is 16.0 Å². The summed E-state index contributed by atoms with van der Waals surface area (Å²) < 4.78 is 5.39. The van der Waals surface area contributed by atoms with Crippen molar-refractivity contribution in [3.8, 4) is 0 Å². The fraction of sp³-hybridized carbons (Fsp3) is 0.484. The lowest BCUT2D eigenvalue weighted by atomic mass is 9.96. The summed E-state index contributed by atoms with van der Waals surface area (Å²) in [5.41, 5.74) is 1.49. The third-order valence-electron chi connectivity index (χ3n) is 6.05. The number of ether oxygens (including phenoxy) is 1. The molecule has 0 bridgehead atoms. The Balaban J connectivity index is 0. The first-order valence-corrected chi connectivity index (χ1v) is 13.0. The molecule has 42 heavy (non-hydrogen) atoms. The second-order valence-corrected chi connectivity index (χ2v) is 10.1. The lowest BCUT2D eigenvalue weighted by Gasteiger charge is -2.30. The monoisotopic (exact) mass is 609 g/mol. The van der Waals surface area contributed by atoms with Crippen molar-refractivity contribution in [2.24, 2.45) is 5.92 Å². The smallest absolute Gasteiger partial charge is 0.408 e. The van der Waals surface area contributed by atoms with E-state index in [1.165, 1.54) is 13.8 Å². The number of halogens is 1. The molecule has 10 nitrogen and oxygen atoms in total. The van der Waals surface area contributed by atoms with Crippen LogP contribution in [-0.4, -0.2) is 64.3 Å². The zero-order chi connectivity index (χ0) is 29.1. The maximum atomic E-state index is 13.2. The van der Waals surface area contributed by atoms with Gasteiger partial charge in [-0.15, -0.1) is 0 Å². The first kappa shape index (κ1) is 40.7. The maximum Gasteiger partial charge on any atom is 0.408 e. The molecule has 0 aromatic heterocycles. The summed E-state index contributed by atoms with van der Waals surface area (Å²) in [5.74, 6) is -2.47. The van der Waals surface area contributed by atoms with Crippen molar-refractivity contribution in [2.75, 3.05) is 0 Å². The molecule has 0 saturated heterocycles. The van der Waals surface area contributed by atoms with Gasteiger partial charge in [-0.1, -0.05) is 90.2 Å². The summed E-state index contributed by atoms with van der Waals surface area (Å²) >= 11 is 5.96. The van der Waals surface area contributed by atoms with Gasteiger partial charge in [0.05, 0.1) is 12.1 Å². The first-order valence-electron chi connectivity index (χ1n) is 12.6. The Labute approximate surface area is 255 Å². The molecular weight excluding hydrogens is 562 g/mol. The third kappa shape index (κ3) is 13.0. The summed E-state index contributed by atoms with van der Waals surface area (Å²) in [6.07, 6.45) is -5.74. The standard InChI is InChI=1S/C28H36ClN3O7.3CH4/c1-16(2)25(39-28(38)30-15-20-8-6-5-7-9-20)27(37)32-22(14-19-10-12-21(29)13-11-19)23(34)24(35)26(36)31-17(3)18(4)33;;;/h5-13,16-17,22-25,34-35H,14-15H2,1-4H3,(H,30,38)(H,31,36)(H,32,37);3*1H4. The second kappa shape index (κ2) is 19.6. The number of ketones is 1. The van der Waals surface area contributed by atoms with Crippen LogP contribution in [0.4, 0.5) is 4.79 Å². The Morgan fingerprint density at radius 1 is 0.833 bits per heavy atom. The van der Waals surface area contributed by atoms with E-state index in [1.54, 1.807) is 38.1 Å². The number of aliphatic hydroxyl groups excluding tert-OH is 2. The third-order valence-corrected chi connectivity index (χ3v) is 6.30. The van der Waals surface area contributed by atoms with Crippen LogP contribution in [0.25, 0.3) is 0 Å². The maximum absolute atomic E-state index is 13.2. The fourth-order valence-electron chi connectivity index (χ4n) is 3.59. The molecule has 0 heterocycles. The Morgan fingerprint density at radius 2 is 1.40 bits per heavy atom. The molecule has 0 aliphatic rings. The van der Waals surface area contributed by atoms with Gasteiger partial charge < -0.3 is 30.9 Å². The second-order valence-electron chi connectivity index (χ2n) is 9.63. The number of nitrogens with one attached hydrogen (secondary N) is 3. The number of carbonyl (C=O) groups is 4. The minimum absolute atomic E-state index is 0. The molecule has 0 fully saturated rings. The van der Waals surface area contributed by atoms with E-state index in [0.29, 0.717) is 10.6 Å². The Hall–Kier alpha value is -3.47. The molecule has 3 amide bonds. The van der Waals surface area contributed by atoms with E-state index in [9.17, 15) is 29.4 Å². The van der Waals surface area contributed by atoms with Gasteiger partial charge in [-0.25, -0.2) is 4.79 Å². The van der Waals surface area contributed by atoms with E-state index >= 15 is 0 Å². The van der Waals surface area contributed by atoms with E-state index < -0.39 is 54.2 Å².